The Labute approximate surface area is 160 Å². The number of nitrogens with zero attached hydrogens (tertiary/aromatic N) is 2. The molecule has 0 radical (unpaired) electrons. The van der Waals surface area contributed by atoms with Crippen LogP contribution in [0, 0.1) is 0 Å². The van der Waals surface area contributed by atoms with Crippen molar-refractivity contribution in [1.82, 2.24) is 9.29 Å². The molecule has 0 aliphatic carbocycles. The molecule has 1 aliphatic rings. The van der Waals surface area contributed by atoms with E-state index in [0.717, 1.165) is 40.7 Å². The maximum absolute atomic E-state index is 12.6. The molecule has 1 aliphatic heterocycles. The standard InChI is InChI=1S/C16H12F6N2O4S/c17-15(18,19)13-2-1-3-14(23-13)27-11-8-24(9-11)29(25,26)12-6-4-10(5-7-12)28-16(20,21)22/h1-7,11H,8-9H2. The molecule has 6 nitrogen and oxygen atoms in total. The smallest absolute Gasteiger partial charge is 0.472 e. The lowest BCUT2D eigenvalue weighted by atomic mass is 10.2. The van der Waals surface area contributed by atoms with Gasteiger partial charge in [-0.15, -0.1) is 13.2 Å². The van der Waals surface area contributed by atoms with Crippen molar-refractivity contribution in [3.8, 4) is 11.6 Å². The molecule has 1 aromatic heterocycles. The van der Waals surface area contributed by atoms with Crippen molar-refractivity contribution < 1.29 is 44.2 Å². The van der Waals surface area contributed by atoms with Crippen molar-refractivity contribution in [2.45, 2.75) is 23.5 Å². The Morgan fingerprint density at radius 2 is 1.59 bits per heavy atom. The third-order valence-corrected chi connectivity index (χ3v) is 5.66. The highest BCUT2D eigenvalue weighted by Crippen LogP contribution is 2.30. The van der Waals surface area contributed by atoms with Crippen molar-refractivity contribution in [2.24, 2.45) is 0 Å². The van der Waals surface area contributed by atoms with Crippen LogP contribution in [-0.4, -0.2) is 43.3 Å². The largest absolute Gasteiger partial charge is 0.573 e. The van der Waals surface area contributed by atoms with E-state index in [9.17, 15) is 34.8 Å². The predicted octanol–water partition coefficient (Wildman–Crippen LogP) is 3.45. The fourth-order valence-electron chi connectivity index (χ4n) is 2.44. The van der Waals surface area contributed by atoms with Crippen LogP contribution in [0.4, 0.5) is 26.3 Å². The first-order valence-electron chi connectivity index (χ1n) is 7.91. The minimum Gasteiger partial charge on any atom is -0.472 e. The summed E-state index contributed by atoms with van der Waals surface area (Å²) in [6.07, 6.45) is -10.3. The van der Waals surface area contributed by atoms with Gasteiger partial charge in [-0.05, 0) is 30.3 Å². The van der Waals surface area contributed by atoms with Crippen LogP contribution in [0.15, 0.2) is 47.4 Å². The number of pyridine rings is 1. The second-order valence-corrected chi connectivity index (χ2v) is 7.88. The Morgan fingerprint density at radius 3 is 2.14 bits per heavy atom. The van der Waals surface area contributed by atoms with E-state index in [-0.39, 0.29) is 23.9 Å². The Balaban J connectivity index is 1.61. The van der Waals surface area contributed by atoms with Gasteiger partial charge >= 0.3 is 12.5 Å². The highest BCUT2D eigenvalue weighted by molar-refractivity contribution is 7.89. The molecule has 3 rings (SSSR count). The highest BCUT2D eigenvalue weighted by atomic mass is 32.2. The van der Waals surface area contributed by atoms with Crippen LogP contribution in [0.1, 0.15) is 5.69 Å². The quantitative estimate of drug-likeness (QED) is 0.664. The van der Waals surface area contributed by atoms with E-state index in [0.29, 0.717) is 0 Å². The molecule has 2 heterocycles. The number of alkyl halides is 6. The normalized spacial score (nSPS) is 16.3. The molecule has 0 saturated carbocycles. The first kappa shape index (κ1) is 21.2. The Hall–Kier alpha value is -2.54. The molecule has 0 spiro atoms. The zero-order chi connectivity index (χ0) is 21.4. The minimum absolute atomic E-state index is 0.152. The van der Waals surface area contributed by atoms with Gasteiger partial charge in [-0.3, -0.25) is 0 Å². The molecule has 0 atom stereocenters. The molecule has 29 heavy (non-hydrogen) atoms. The number of hydrogen-bond donors (Lipinski definition) is 0. The van der Waals surface area contributed by atoms with E-state index in [1.54, 1.807) is 0 Å². The van der Waals surface area contributed by atoms with Crippen LogP contribution in [0.25, 0.3) is 0 Å². The summed E-state index contributed by atoms with van der Waals surface area (Å²) in [6, 6.07) is 6.74. The van der Waals surface area contributed by atoms with Gasteiger partial charge in [0.05, 0.1) is 18.0 Å². The van der Waals surface area contributed by atoms with E-state index in [1.165, 1.54) is 6.07 Å². The summed E-state index contributed by atoms with van der Waals surface area (Å²) in [7, 11) is -4.00. The lowest BCUT2D eigenvalue weighted by molar-refractivity contribution is -0.274. The molecular formula is C16H12F6N2O4S. The molecule has 13 heteroatoms. The molecule has 2 aromatic rings. The van der Waals surface area contributed by atoms with Gasteiger partial charge < -0.3 is 9.47 Å². The molecule has 158 valence electrons. The highest BCUT2D eigenvalue weighted by Gasteiger charge is 2.39. The van der Waals surface area contributed by atoms with E-state index >= 15 is 0 Å². The summed E-state index contributed by atoms with van der Waals surface area (Å²) in [5.74, 6) is -0.868. The van der Waals surface area contributed by atoms with Crippen molar-refractivity contribution in [3.05, 3.63) is 48.2 Å². The van der Waals surface area contributed by atoms with Gasteiger partial charge in [-0.1, -0.05) is 6.07 Å². The molecule has 0 N–H and O–H groups in total. The van der Waals surface area contributed by atoms with Gasteiger partial charge in [0.1, 0.15) is 17.5 Å². The van der Waals surface area contributed by atoms with E-state index in [2.05, 4.69) is 9.72 Å². The molecule has 0 unspecified atom stereocenters. The summed E-state index contributed by atoms with van der Waals surface area (Å²) in [4.78, 5) is 3.07. The first-order chi connectivity index (χ1) is 13.3. The van der Waals surface area contributed by atoms with Crippen LogP contribution in [0.2, 0.25) is 0 Å². The molecule has 0 amide bonds. The van der Waals surface area contributed by atoms with Gasteiger partial charge in [-0.25, -0.2) is 13.4 Å². The van der Waals surface area contributed by atoms with Crippen LogP contribution in [0.3, 0.4) is 0 Å². The van der Waals surface area contributed by atoms with E-state index in [1.807, 2.05) is 0 Å². The van der Waals surface area contributed by atoms with Crippen LogP contribution < -0.4 is 9.47 Å². The van der Waals surface area contributed by atoms with E-state index < -0.39 is 40.1 Å². The Bertz CT molecular complexity index is 970. The average Bonchev–Trinajstić information content (AvgIpc) is 2.56. The first-order valence-corrected chi connectivity index (χ1v) is 9.35. The molecule has 1 saturated heterocycles. The van der Waals surface area contributed by atoms with E-state index in [4.69, 9.17) is 4.74 Å². The van der Waals surface area contributed by atoms with Gasteiger partial charge in [0.2, 0.25) is 15.9 Å². The summed E-state index contributed by atoms with van der Waals surface area (Å²) in [5, 5.41) is 0. The number of sulfonamides is 1. The van der Waals surface area contributed by atoms with Crippen molar-refractivity contribution >= 4 is 10.0 Å². The van der Waals surface area contributed by atoms with Crippen molar-refractivity contribution in [3.63, 3.8) is 0 Å². The average molecular weight is 442 g/mol. The predicted molar refractivity (Wildman–Crippen MR) is 85.5 cm³/mol. The van der Waals surface area contributed by atoms with Gasteiger partial charge in [0.15, 0.2) is 0 Å². The number of ether oxygens (including phenoxy) is 2. The van der Waals surface area contributed by atoms with Crippen LogP contribution in [-0.2, 0) is 16.2 Å². The Kier molecular flexibility index (Phi) is 5.38. The second-order valence-electron chi connectivity index (χ2n) is 5.94. The third-order valence-electron chi connectivity index (χ3n) is 3.81. The Morgan fingerprint density at radius 1 is 0.966 bits per heavy atom. The molecule has 1 fully saturated rings. The maximum Gasteiger partial charge on any atom is 0.573 e. The molecule has 1 aromatic carbocycles. The zero-order valence-electron chi connectivity index (χ0n) is 14.2. The number of aromatic nitrogens is 1. The van der Waals surface area contributed by atoms with Gasteiger partial charge in [0.25, 0.3) is 0 Å². The SMILES string of the molecule is O=S(=O)(c1ccc(OC(F)(F)F)cc1)N1CC(Oc2cccc(C(F)(F)F)n2)C1. The third kappa shape index (κ3) is 5.09. The fourth-order valence-corrected chi connectivity index (χ4v) is 3.95. The lowest BCUT2D eigenvalue weighted by Gasteiger charge is -2.37. The monoisotopic (exact) mass is 442 g/mol. The van der Waals surface area contributed by atoms with Gasteiger partial charge in [0, 0.05) is 6.07 Å². The number of hydrogen-bond acceptors (Lipinski definition) is 5. The van der Waals surface area contributed by atoms with Crippen molar-refractivity contribution in [2.75, 3.05) is 13.1 Å². The fraction of sp³-hybridized carbons (Fsp3) is 0.312. The lowest BCUT2D eigenvalue weighted by Crippen LogP contribution is -2.56. The summed E-state index contributed by atoms with van der Waals surface area (Å²) in [5.41, 5.74) is -1.14. The molecular weight excluding hydrogens is 430 g/mol. The summed E-state index contributed by atoms with van der Waals surface area (Å²) >= 11 is 0. The minimum atomic E-state index is -4.90. The number of benzene rings is 1. The molecule has 0 bridgehead atoms. The summed E-state index contributed by atoms with van der Waals surface area (Å²) in [6.45, 7) is -0.303. The number of rotatable bonds is 5. The van der Waals surface area contributed by atoms with Gasteiger partial charge in [-0.2, -0.15) is 17.5 Å². The van der Waals surface area contributed by atoms with Crippen molar-refractivity contribution in [1.29, 1.82) is 0 Å². The van der Waals surface area contributed by atoms with Crippen LogP contribution in [0.5, 0.6) is 11.6 Å². The zero-order valence-corrected chi connectivity index (χ0v) is 15.1. The second kappa shape index (κ2) is 7.37. The van der Waals surface area contributed by atoms with Crippen LogP contribution >= 0.6 is 0 Å². The number of halogens is 6. The topological polar surface area (TPSA) is 68.7 Å². The maximum atomic E-state index is 12.6. The summed E-state index contributed by atoms with van der Waals surface area (Å²) < 4.78 is 109.